The quantitative estimate of drug-likeness (QED) is 0.849. The second-order valence-corrected chi connectivity index (χ2v) is 6.69. The van der Waals surface area contributed by atoms with E-state index in [4.69, 9.17) is 4.74 Å². The summed E-state index contributed by atoms with van der Waals surface area (Å²) in [7, 11) is 0. The minimum atomic E-state index is -0.802. The van der Waals surface area contributed by atoms with Crippen molar-refractivity contribution < 1.29 is 14.3 Å². The zero-order valence-electron chi connectivity index (χ0n) is 12.9. The van der Waals surface area contributed by atoms with Crippen LogP contribution in [0, 0.1) is 5.92 Å². The Hall–Kier alpha value is -1.10. The van der Waals surface area contributed by atoms with Crippen LogP contribution >= 0.6 is 0 Å². The minimum absolute atomic E-state index is 0.0128. The van der Waals surface area contributed by atoms with Crippen molar-refractivity contribution in [3.63, 3.8) is 0 Å². The van der Waals surface area contributed by atoms with Gasteiger partial charge in [-0.3, -0.25) is 9.59 Å². The van der Waals surface area contributed by atoms with Crippen LogP contribution in [0.5, 0.6) is 0 Å². The number of amides is 2. The minimum Gasteiger partial charge on any atom is -0.376 e. The largest absolute Gasteiger partial charge is 0.376 e. The van der Waals surface area contributed by atoms with Crippen LogP contribution in [0.2, 0.25) is 0 Å². The molecule has 0 aliphatic carbocycles. The lowest BCUT2D eigenvalue weighted by Crippen LogP contribution is -2.70. The highest BCUT2D eigenvalue weighted by atomic mass is 16.5. The van der Waals surface area contributed by atoms with Crippen molar-refractivity contribution >= 4 is 11.8 Å². The molecule has 2 aliphatic heterocycles. The van der Waals surface area contributed by atoms with E-state index in [-0.39, 0.29) is 23.8 Å². The number of ether oxygens (including phenoxy) is 1. The van der Waals surface area contributed by atoms with E-state index in [1.54, 1.807) is 18.7 Å². The van der Waals surface area contributed by atoms with Gasteiger partial charge in [0.2, 0.25) is 11.8 Å². The Morgan fingerprint density at radius 1 is 1.35 bits per heavy atom. The fourth-order valence-electron chi connectivity index (χ4n) is 2.87. The third-order valence-corrected chi connectivity index (χ3v) is 4.38. The number of carbonyl (C=O) groups excluding carboxylic acids is 2. The highest BCUT2D eigenvalue weighted by Crippen LogP contribution is 2.26. The number of carbonyl (C=O) groups is 2. The molecule has 2 amide bonds. The van der Waals surface area contributed by atoms with E-state index in [1.807, 2.05) is 13.8 Å². The third kappa shape index (κ3) is 2.82. The maximum absolute atomic E-state index is 12.7. The van der Waals surface area contributed by atoms with Gasteiger partial charge in [0, 0.05) is 13.2 Å². The Labute approximate surface area is 121 Å². The number of rotatable bonds is 3. The fourth-order valence-corrected chi connectivity index (χ4v) is 2.87. The lowest BCUT2D eigenvalue weighted by Gasteiger charge is -2.46. The Balaban J connectivity index is 2.16. The van der Waals surface area contributed by atoms with E-state index < -0.39 is 11.6 Å². The molecule has 0 bridgehead atoms. The standard InChI is InChI=1S/C15H26N2O3/c1-10(2)12-13(18)17(15(3,4)14(19)16-12)9-11-7-5-6-8-20-11/h10-12H,5-9H2,1-4H3,(H,16,19). The third-order valence-electron chi connectivity index (χ3n) is 4.38. The summed E-state index contributed by atoms with van der Waals surface area (Å²) >= 11 is 0. The van der Waals surface area contributed by atoms with Gasteiger partial charge in [0.05, 0.1) is 6.10 Å². The van der Waals surface area contributed by atoms with Crippen molar-refractivity contribution in [2.24, 2.45) is 5.92 Å². The lowest BCUT2D eigenvalue weighted by molar-refractivity contribution is -0.159. The molecule has 0 aromatic rings. The average Bonchev–Trinajstić information content (AvgIpc) is 2.40. The first-order valence-corrected chi connectivity index (χ1v) is 7.58. The molecule has 0 radical (unpaired) electrons. The van der Waals surface area contributed by atoms with Crippen LogP contribution in [0.1, 0.15) is 47.0 Å². The van der Waals surface area contributed by atoms with Gasteiger partial charge < -0.3 is 15.0 Å². The fraction of sp³-hybridized carbons (Fsp3) is 0.867. The number of hydrogen-bond donors (Lipinski definition) is 1. The molecule has 2 unspecified atom stereocenters. The monoisotopic (exact) mass is 282 g/mol. The molecule has 2 fully saturated rings. The zero-order valence-corrected chi connectivity index (χ0v) is 12.9. The Kier molecular flexibility index (Phi) is 4.37. The number of hydrogen-bond acceptors (Lipinski definition) is 3. The summed E-state index contributed by atoms with van der Waals surface area (Å²) in [6, 6.07) is -0.417. The van der Waals surface area contributed by atoms with E-state index in [2.05, 4.69) is 5.32 Å². The van der Waals surface area contributed by atoms with E-state index >= 15 is 0 Å². The van der Waals surface area contributed by atoms with Crippen molar-refractivity contribution in [1.29, 1.82) is 0 Å². The summed E-state index contributed by atoms with van der Waals surface area (Å²) in [5.41, 5.74) is -0.802. The summed E-state index contributed by atoms with van der Waals surface area (Å²) in [6.07, 6.45) is 3.25. The molecule has 2 rings (SSSR count). The molecular weight excluding hydrogens is 256 g/mol. The summed E-state index contributed by atoms with van der Waals surface area (Å²) in [5, 5.41) is 2.85. The van der Waals surface area contributed by atoms with E-state index in [0.717, 1.165) is 25.9 Å². The molecular formula is C15H26N2O3. The molecule has 0 saturated carbocycles. The molecule has 114 valence electrons. The van der Waals surface area contributed by atoms with E-state index in [1.165, 1.54) is 0 Å². The van der Waals surface area contributed by atoms with Gasteiger partial charge >= 0.3 is 0 Å². The molecule has 2 saturated heterocycles. The van der Waals surface area contributed by atoms with Crippen molar-refractivity contribution in [3.05, 3.63) is 0 Å². The van der Waals surface area contributed by atoms with Crippen molar-refractivity contribution in [1.82, 2.24) is 10.2 Å². The molecule has 2 atom stereocenters. The van der Waals surface area contributed by atoms with Crippen LogP contribution in [-0.2, 0) is 14.3 Å². The Morgan fingerprint density at radius 3 is 2.60 bits per heavy atom. The number of nitrogens with zero attached hydrogens (tertiary/aromatic N) is 1. The molecule has 5 heteroatoms. The molecule has 20 heavy (non-hydrogen) atoms. The highest BCUT2D eigenvalue weighted by Gasteiger charge is 2.47. The molecule has 2 aliphatic rings. The van der Waals surface area contributed by atoms with Gasteiger partial charge in [-0.2, -0.15) is 0 Å². The maximum Gasteiger partial charge on any atom is 0.246 e. The summed E-state index contributed by atoms with van der Waals surface area (Å²) in [5.74, 6) is 0.0303. The molecule has 2 heterocycles. The number of nitrogens with one attached hydrogen (secondary N) is 1. The topological polar surface area (TPSA) is 58.6 Å². The van der Waals surface area contributed by atoms with Crippen molar-refractivity contribution in [2.75, 3.05) is 13.2 Å². The molecule has 5 nitrogen and oxygen atoms in total. The maximum atomic E-state index is 12.7. The Bertz CT molecular complexity index is 387. The van der Waals surface area contributed by atoms with Crippen LogP contribution in [0.3, 0.4) is 0 Å². The van der Waals surface area contributed by atoms with Crippen LogP contribution in [0.15, 0.2) is 0 Å². The van der Waals surface area contributed by atoms with Crippen LogP contribution < -0.4 is 5.32 Å². The van der Waals surface area contributed by atoms with E-state index in [9.17, 15) is 9.59 Å². The average molecular weight is 282 g/mol. The predicted octanol–water partition coefficient (Wildman–Crippen LogP) is 1.32. The van der Waals surface area contributed by atoms with Gasteiger partial charge in [0.25, 0.3) is 0 Å². The van der Waals surface area contributed by atoms with Crippen LogP contribution in [0.25, 0.3) is 0 Å². The summed E-state index contributed by atoms with van der Waals surface area (Å²) in [6.45, 7) is 8.79. The first-order valence-electron chi connectivity index (χ1n) is 7.58. The lowest BCUT2D eigenvalue weighted by atomic mass is 9.90. The van der Waals surface area contributed by atoms with Gasteiger partial charge in [0.1, 0.15) is 11.6 Å². The second kappa shape index (κ2) is 5.72. The highest BCUT2D eigenvalue weighted by molar-refractivity contribution is 5.99. The summed E-state index contributed by atoms with van der Waals surface area (Å²) in [4.78, 5) is 26.7. The predicted molar refractivity (Wildman–Crippen MR) is 76.2 cm³/mol. The Morgan fingerprint density at radius 2 is 2.05 bits per heavy atom. The SMILES string of the molecule is CC(C)C1NC(=O)C(C)(C)N(CC2CCCCO2)C1=O. The van der Waals surface area contributed by atoms with E-state index in [0.29, 0.717) is 6.54 Å². The first kappa shape index (κ1) is 15.3. The normalized spacial score (nSPS) is 30.6. The van der Waals surface area contributed by atoms with Gasteiger partial charge in [-0.05, 0) is 39.0 Å². The first-order chi connectivity index (χ1) is 9.34. The number of piperazine rings is 1. The van der Waals surface area contributed by atoms with Crippen LogP contribution in [-0.4, -0.2) is 47.6 Å². The molecule has 1 N–H and O–H groups in total. The summed E-state index contributed by atoms with van der Waals surface area (Å²) < 4.78 is 5.73. The second-order valence-electron chi connectivity index (χ2n) is 6.69. The molecule has 0 aromatic heterocycles. The van der Waals surface area contributed by atoms with Gasteiger partial charge in [-0.25, -0.2) is 0 Å². The molecule has 0 aromatic carbocycles. The van der Waals surface area contributed by atoms with Gasteiger partial charge in [-0.1, -0.05) is 13.8 Å². The van der Waals surface area contributed by atoms with Gasteiger partial charge in [-0.15, -0.1) is 0 Å². The zero-order chi connectivity index (χ0) is 14.9. The van der Waals surface area contributed by atoms with Crippen molar-refractivity contribution in [2.45, 2.75) is 64.6 Å². The van der Waals surface area contributed by atoms with Gasteiger partial charge in [0.15, 0.2) is 0 Å². The smallest absolute Gasteiger partial charge is 0.246 e. The van der Waals surface area contributed by atoms with Crippen molar-refractivity contribution in [3.8, 4) is 0 Å². The molecule has 0 spiro atoms. The van der Waals surface area contributed by atoms with Crippen LogP contribution in [0.4, 0.5) is 0 Å².